The number of hydrogen-bond donors (Lipinski definition) is 2. The molecule has 1 aromatic heterocycles. The lowest BCUT2D eigenvalue weighted by atomic mass is 10.1. The van der Waals surface area contributed by atoms with Gasteiger partial charge in [0.2, 0.25) is 0 Å². The van der Waals surface area contributed by atoms with Gasteiger partial charge in [-0.1, -0.05) is 53.0 Å². The van der Waals surface area contributed by atoms with Crippen LogP contribution in [0.2, 0.25) is 15.1 Å². The quantitative estimate of drug-likeness (QED) is 0.339. The first kappa shape index (κ1) is 20.9. The number of rotatable bonds is 6. The highest BCUT2D eigenvalue weighted by Gasteiger charge is 2.14. The van der Waals surface area contributed by atoms with E-state index < -0.39 is 11.6 Å². The number of amides is 1. The summed E-state index contributed by atoms with van der Waals surface area (Å²) in [7, 11) is 0. The van der Waals surface area contributed by atoms with E-state index in [1.165, 1.54) is 6.21 Å². The molecule has 0 radical (unpaired) electrons. The summed E-state index contributed by atoms with van der Waals surface area (Å²) < 4.78 is 1.87. The average molecular weight is 454 g/mol. The van der Waals surface area contributed by atoms with Crippen molar-refractivity contribution in [2.45, 2.75) is 13.0 Å². The lowest BCUT2D eigenvalue weighted by molar-refractivity contribution is -0.121. The fraction of sp³-hybridized carbons (Fsp3) is 0.111. The molecular weight excluding hydrogens is 439 g/mol. The molecule has 3 rings (SSSR count). The lowest BCUT2D eigenvalue weighted by Gasteiger charge is -2.01. The Labute approximate surface area is 180 Å². The van der Waals surface area contributed by atoms with Gasteiger partial charge in [-0.25, -0.2) is 14.9 Å². The van der Waals surface area contributed by atoms with Gasteiger partial charge >= 0.3 is 5.69 Å². The number of nitrogens with two attached hydrogens (primary N) is 1. The van der Waals surface area contributed by atoms with Gasteiger partial charge in [0.15, 0.2) is 5.82 Å². The van der Waals surface area contributed by atoms with Crippen molar-refractivity contribution in [1.29, 1.82) is 0 Å². The number of aromatic nitrogens is 3. The van der Waals surface area contributed by atoms with Crippen LogP contribution in [0.15, 0.2) is 52.4 Å². The van der Waals surface area contributed by atoms with Gasteiger partial charge in [0, 0.05) is 22.0 Å². The number of hydrogen-bond acceptors (Lipinski definition) is 5. The van der Waals surface area contributed by atoms with Gasteiger partial charge < -0.3 is 5.84 Å². The van der Waals surface area contributed by atoms with E-state index >= 15 is 0 Å². The molecule has 0 aliphatic heterocycles. The maximum Gasteiger partial charge on any atom is 0.365 e. The summed E-state index contributed by atoms with van der Waals surface area (Å²) in [4.78, 5) is 24.3. The normalized spacial score (nSPS) is 11.1. The summed E-state index contributed by atoms with van der Waals surface area (Å²) in [6.07, 6.45) is 1.68. The number of benzene rings is 2. The molecule has 2 aromatic carbocycles. The Morgan fingerprint density at radius 2 is 1.83 bits per heavy atom. The van der Waals surface area contributed by atoms with Crippen molar-refractivity contribution in [3.63, 3.8) is 0 Å². The standard InChI is InChI=1S/C18H15Cl3N6O2/c19-13-4-1-11(2-5-13)7-16-25-26(18(29)27(16)22)10-17(28)24-23-9-12-3-6-14(20)8-15(12)21/h1-6,8-9H,7,10,22H2,(H,24,28)/b23-9+. The van der Waals surface area contributed by atoms with Gasteiger partial charge in [-0.2, -0.15) is 14.9 Å². The van der Waals surface area contributed by atoms with Gasteiger partial charge in [0.05, 0.1) is 11.2 Å². The molecule has 0 saturated heterocycles. The number of halogens is 3. The average Bonchev–Trinajstić information content (AvgIpc) is 2.93. The number of hydrazone groups is 1. The van der Waals surface area contributed by atoms with Crippen molar-refractivity contribution in [2.75, 3.05) is 5.84 Å². The van der Waals surface area contributed by atoms with Crippen molar-refractivity contribution in [3.05, 3.63) is 85.0 Å². The largest absolute Gasteiger partial charge is 0.365 e. The third kappa shape index (κ3) is 5.38. The molecule has 11 heteroatoms. The molecule has 0 saturated carbocycles. The molecule has 8 nitrogen and oxygen atoms in total. The topological polar surface area (TPSA) is 107 Å². The highest BCUT2D eigenvalue weighted by molar-refractivity contribution is 6.36. The monoisotopic (exact) mass is 452 g/mol. The third-order valence-corrected chi connectivity index (χ3v) is 4.68. The van der Waals surface area contributed by atoms with E-state index in [0.717, 1.165) is 14.9 Å². The molecule has 0 spiro atoms. The van der Waals surface area contributed by atoms with Gasteiger partial charge in [0.1, 0.15) is 6.54 Å². The zero-order valence-electron chi connectivity index (χ0n) is 14.8. The Morgan fingerprint density at radius 1 is 1.14 bits per heavy atom. The molecule has 29 heavy (non-hydrogen) atoms. The summed E-state index contributed by atoms with van der Waals surface area (Å²) in [5.74, 6) is 5.53. The summed E-state index contributed by atoms with van der Waals surface area (Å²) in [5.41, 5.74) is 3.13. The van der Waals surface area contributed by atoms with Crippen LogP contribution in [-0.2, 0) is 17.8 Å². The van der Waals surface area contributed by atoms with E-state index in [-0.39, 0.29) is 6.54 Å². The van der Waals surface area contributed by atoms with Gasteiger partial charge in [-0.3, -0.25) is 4.79 Å². The summed E-state index contributed by atoms with van der Waals surface area (Å²) in [6, 6.07) is 11.9. The second kappa shape index (κ2) is 9.13. The Balaban J connectivity index is 1.65. The molecule has 0 atom stereocenters. The zero-order chi connectivity index (χ0) is 21.0. The molecule has 1 heterocycles. The van der Waals surface area contributed by atoms with E-state index in [2.05, 4.69) is 15.6 Å². The van der Waals surface area contributed by atoms with Crippen LogP contribution < -0.4 is 17.0 Å². The minimum Gasteiger partial charge on any atom is -0.333 e. The molecule has 3 aromatic rings. The zero-order valence-corrected chi connectivity index (χ0v) is 17.1. The van der Waals surface area contributed by atoms with E-state index in [4.69, 9.17) is 40.6 Å². The van der Waals surface area contributed by atoms with Crippen LogP contribution >= 0.6 is 34.8 Å². The first-order chi connectivity index (χ1) is 13.8. The SMILES string of the molecule is Nn1c(Cc2ccc(Cl)cc2)nn(CC(=O)N/N=C/c2ccc(Cl)cc2Cl)c1=O. The van der Waals surface area contributed by atoms with Crippen LogP contribution in [0.3, 0.4) is 0 Å². The number of nitrogen functional groups attached to an aromatic ring is 1. The fourth-order valence-corrected chi connectivity index (χ4v) is 3.01. The van der Waals surface area contributed by atoms with Crippen molar-refractivity contribution in [2.24, 2.45) is 5.10 Å². The third-order valence-electron chi connectivity index (χ3n) is 3.87. The Hall–Kier alpha value is -2.81. The Morgan fingerprint density at radius 3 is 2.52 bits per heavy atom. The molecule has 1 amide bonds. The number of carbonyl (C=O) groups excluding carboxylic acids is 1. The lowest BCUT2D eigenvalue weighted by Crippen LogP contribution is -2.34. The van der Waals surface area contributed by atoms with Crippen molar-refractivity contribution >= 4 is 46.9 Å². The van der Waals surface area contributed by atoms with Crippen LogP contribution in [-0.4, -0.2) is 26.6 Å². The van der Waals surface area contributed by atoms with E-state index in [1.807, 2.05) is 0 Å². The highest BCUT2D eigenvalue weighted by atomic mass is 35.5. The van der Waals surface area contributed by atoms with E-state index in [9.17, 15) is 9.59 Å². The maximum absolute atomic E-state index is 12.2. The maximum atomic E-state index is 12.2. The number of nitrogens with one attached hydrogen (secondary N) is 1. The van der Waals surface area contributed by atoms with Crippen LogP contribution in [0.5, 0.6) is 0 Å². The van der Waals surface area contributed by atoms with Crippen LogP contribution in [0, 0.1) is 0 Å². The summed E-state index contributed by atoms with van der Waals surface area (Å²) >= 11 is 17.7. The molecule has 0 aliphatic carbocycles. The second-order valence-electron chi connectivity index (χ2n) is 5.99. The number of carbonyl (C=O) groups is 1. The predicted molar refractivity (Wildman–Crippen MR) is 113 cm³/mol. The van der Waals surface area contributed by atoms with Crippen LogP contribution in [0.4, 0.5) is 0 Å². The summed E-state index contributed by atoms with van der Waals surface area (Å²) in [5, 5.41) is 9.41. The Bertz CT molecular complexity index is 1120. The highest BCUT2D eigenvalue weighted by Crippen LogP contribution is 2.19. The van der Waals surface area contributed by atoms with Crippen molar-refractivity contribution in [3.8, 4) is 0 Å². The molecule has 0 bridgehead atoms. The van der Waals surface area contributed by atoms with Crippen LogP contribution in [0.1, 0.15) is 17.0 Å². The van der Waals surface area contributed by atoms with Gasteiger partial charge in [-0.15, -0.1) is 0 Å². The minimum atomic E-state index is -0.617. The smallest absolute Gasteiger partial charge is 0.333 e. The molecular formula is C18H15Cl3N6O2. The molecule has 0 aliphatic rings. The number of nitrogens with zero attached hydrogens (tertiary/aromatic N) is 4. The Kier molecular flexibility index (Phi) is 6.58. The molecule has 0 fully saturated rings. The van der Waals surface area contributed by atoms with Crippen LogP contribution in [0.25, 0.3) is 0 Å². The van der Waals surface area contributed by atoms with Gasteiger partial charge in [0.25, 0.3) is 5.91 Å². The second-order valence-corrected chi connectivity index (χ2v) is 7.27. The fourth-order valence-electron chi connectivity index (χ4n) is 2.42. The molecule has 150 valence electrons. The van der Waals surface area contributed by atoms with E-state index in [0.29, 0.717) is 32.9 Å². The first-order valence-corrected chi connectivity index (χ1v) is 9.42. The summed E-state index contributed by atoms with van der Waals surface area (Å²) in [6.45, 7) is -0.345. The molecule has 3 N–H and O–H groups in total. The van der Waals surface area contributed by atoms with Crippen molar-refractivity contribution in [1.82, 2.24) is 19.9 Å². The van der Waals surface area contributed by atoms with E-state index in [1.54, 1.807) is 42.5 Å². The minimum absolute atomic E-state index is 0.307. The molecule has 0 unspecified atom stereocenters. The van der Waals surface area contributed by atoms with Crippen molar-refractivity contribution < 1.29 is 4.79 Å². The first-order valence-electron chi connectivity index (χ1n) is 8.28. The predicted octanol–water partition coefficient (Wildman–Crippen LogP) is 2.46. The van der Waals surface area contributed by atoms with Gasteiger partial charge in [-0.05, 0) is 29.8 Å².